The van der Waals surface area contributed by atoms with E-state index >= 15 is 0 Å². The SMILES string of the molecule is CC(C)c1cc(-c2ccccc2)cc(C(C)C)c1-n1c(-c2[c-]cc3oc4ccccc4c3c2)nc2ccccc21.C[Si](C)(C)c1cnc(-c2[c-]cccc2)cc1CC1CCCC1.[Ir]. The van der Waals surface area contributed by atoms with E-state index in [-0.39, 0.29) is 20.1 Å². The molecule has 9 aromatic rings. The summed E-state index contributed by atoms with van der Waals surface area (Å²) >= 11 is 0. The normalized spacial score (nSPS) is 13.2. The molecule has 0 spiro atoms. The van der Waals surface area contributed by atoms with Crippen molar-refractivity contribution in [3.63, 3.8) is 0 Å². The van der Waals surface area contributed by atoms with Crippen LogP contribution in [-0.4, -0.2) is 22.6 Å². The molecule has 0 N–H and O–H groups in total. The maximum atomic E-state index is 6.12. The summed E-state index contributed by atoms with van der Waals surface area (Å²) in [4.78, 5) is 9.97. The van der Waals surface area contributed by atoms with Crippen molar-refractivity contribution < 1.29 is 24.5 Å². The molecule has 0 unspecified atom stereocenters. The first-order valence-electron chi connectivity index (χ1n) is 22.5. The molecule has 6 aromatic carbocycles. The minimum absolute atomic E-state index is 0. The van der Waals surface area contributed by atoms with Crippen LogP contribution in [0.15, 0.2) is 144 Å². The fourth-order valence-electron chi connectivity index (χ4n) is 9.41. The fraction of sp³-hybridized carbons (Fsp3) is 0.263. The van der Waals surface area contributed by atoms with Crippen LogP contribution in [0.4, 0.5) is 0 Å². The summed E-state index contributed by atoms with van der Waals surface area (Å²) in [5.41, 5.74) is 14.8. The minimum atomic E-state index is -1.35. The third kappa shape index (κ3) is 9.18. The van der Waals surface area contributed by atoms with Gasteiger partial charge in [-0.05, 0) is 87.6 Å². The van der Waals surface area contributed by atoms with Gasteiger partial charge in [0.05, 0.1) is 30.5 Å². The summed E-state index contributed by atoms with van der Waals surface area (Å²) in [6, 6.07) is 53.5. The molecule has 0 atom stereocenters. The number of imidazole rings is 1. The van der Waals surface area contributed by atoms with E-state index in [1.54, 1.807) is 10.8 Å². The predicted octanol–water partition coefficient (Wildman–Crippen LogP) is 15.1. The van der Waals surface area contributed by atoms with Crippen LogP contribution in [-0.2, 0) is 26.5 Å². The van der Waals surface area contributed by atoms with E-state index in [1.165, 1.54) is 60.0 Å². The Labute approximate surface area is 388 Å². The van der Waals surface area contributed by atoms with Crippen LogP contribution in [0.1, 0.15) is 81.9 Å². The Balaban J connectivity index is 0.000000201. The van der Waals surface area contributed by atoms with Gasteiger partial charge in [-0.3, -0.25) is 4.98 Å². The fourth-order valence-corrected chi connectivity index (χ4v) is 11.0. The van der Waals surface area contributed by atoms with Gasteiger partial charge in [-0.15, -0.1) is 59.7 Å². The smallest absolute Gasteiger partial charge is 0.120 e. The van der Waals surface area contributed by atoms with Crippen molar-refractivity contribution in [1.82, 2.24) is 14.5 Å². The molecule has 6 heteroatoms. The zero-order chi connectivity index (χ0) is 43.0. The van der Waals surface area contributed by atoms with Gasteiger partial charge in [0.25, 0.3) is 0 Å². The molecular weight excluding hydrogens is 963 g/mol. The Morgan fingerprint density at radius 3 is 2.08 bits per heavy atom. The van der Waals surface area contributed by atoms with Gasteiger partial charge >= 0.3 is 0 Å². The van der Waals surface area contributed by atoms with Crippen LogP contribution in [0.5, 0.6) is 0 Å². The number of pyridine rings is 1. The number of hydrogen-bond acceptors (Lipinski definition) is 3. The van der Waals surface area contributed by atoms with E-state index < -0.39 is 8.07 Å². The molecule has 0 bridgehead atoms. The van der Waals surface area contributed by atoms with Crippen LogP contribution in [0.3, 0.4) is 0 Å². The third-order valence-electron chi connectivity index (χ3n) is 12.6. The molecule has 10 rings (SSSR count). The Morgan fingerprint density at radius 1 is 0.698 bits per heavy atom. The molecule has 4 nitrogen and oxygen atoms in total. The average Bonchev–Trinajstić information content (AvgIpc) is 4.04. The summed E-state index contributed by atoms with van der Waals surface area (Å²) < 4.78 is 8.48. The van der Waals surface area contributed by atoms with Gasteiger partial charge in [-0.25, -0.2) is 0 Å². The predicted molar refractivity (Wildman–Crippen MR) is 263 cm³/mol. The van der Waals surface area contributed by atoms with Gasteiger partial charge in [0.15, 0.2) is 0 Å². The van der Waals surface area contributed by atoms with Crippen molar-refractivity contribution in [1.29, 1.82) is 0 Å². The second kappa shape index (κ2) is 18.8. The second-order valence-corrected chi connectivity index (χ2v) is 23.8. The van der Waals surface area contributed by atoms with Gasteiger partial charge < -0.3 is 14.0 Å². The van der Waals surface area contributed by atoms with Crippen molar-refractivity contribution in [2.24, 2.45) is 5.92 Å². The van der Waals surface area contributed by atoms with E-state index in [0.29, 0.717) is 11.8 Å². The summed E-state index contributed by atoms with van der Waals surface area (Å²) in [6.45, 7) is 16.4. The monoisotopic (exact) mass is 1020 g/mol. The summed E-state index contributed by atoms with van der Waals surface area (Å²) in [7, 11) is -1.35. The quantitative estimate of drug-likeness (QED) is 0.107. The van der Waals surface area contributed by atoms with Crippen molar-refractivity contribution in [2.45, 2.75) is 91.3 Å². The van der Waals surface area contributed by atoms with Crippen LogP contribution in [0.2, 0.25) is 19.6 Å². The Kier molecular flexibility index (Phi) is 13.2. The van der Waals surface area contributed by atoms with Gasteiger partial charge in [0.1, 0.15) is 5.58 Å². The third-order valence-corrected chi connectivity index (χ3v) is 14.7. The summed E-state index contributed by atoms with van der Waals surface area (Å²) in [6.07, 6.45) is 9.03. The number of aromatic nitrogens is 3. The number of hydrogen-bond donors (Lipinski definition) is 0. The summed E-state index contributed by atoms with van der Waals surface area (Å²) in [5, 5.41) is 3.72. The first-order chi connectivity index (χ1) is 30.0. The van der Waals surface area contributed by atoms with E-state index in [1.807, 2.05) is 30.3 Å². The Morgan fingerprint density at radius 2 is 1.38 bits per heavy atom. The second-order valence-electron chi connectivity index (χ2n) is 18.8. The first-order valence-corrected chi connectivity index (χ1v) is 26.0. The first kappa shape index (κ1) is 44.2. The number of fused-ring (bicyclic) bond motifs is 4. The molecule has 1 fully saturated rings. The molecular formula is C57H57IrN3OSi-2. The molecule has 0 saturated heterocycles. The standard InChI is InChI=1S/C37H31N2O.C20H26NSi.Ir/c1-23(2)29-21-27(25-12-6-5-7-13-25)22-30(24(3)4)36(29)39-33-16-10-9-15-32(33)38-37(39)26-18-19-35-31(20-26)28-14-8-11-17-34(28)40-35;1-22(2,3)20-15-21-19(17-11-5-4-6-12-17)14-18(20)13-16-9-7-8-10-16;/h5-17,19-24H,1-4H3;4-6,11,14-16H,7-10,13H2,1-3H3;/q2*-1;. The summed E-state index contributed by atoms with van der Waals surface area (Å²) in [5.74, 6) is 2.40. The van der Waals surface area contributed by atoms with Crippen LogP contribution in [0.25, 0.3) is 72.4 Å². The Bertz CT molecular complexity index is 2960. The topological polar surface area (TPSA) is 43.9 Å². The number of nitrogens with zero attached hydrogens (tertiary/aromatic N) is 3. The van der Waals surface area contributed by atoms with E-state index in [4.69, 9.17) is 14.4 Å². The van der Waals surface area contributed by atoms with Gasteiger partial charge in [-0.2, -0.15) is 0 Å². The molecule has 3 aromatic heterocycles. The molecule has 321 valence electrons. The number of benzene rings is 6. The zero-order valence-electron chi connectivity index (χ0n) is 37.6. The molecule has 1 aliphatic rings. The molecule has 0 amide bonds. The van der Waals surface area contributed by atoms with E-state index in [0.717, 1.165) is 61.5 Å². The largest absolute Gasteiger partial charge is 0.500 e. The molecule has 1 saturated carbocycles. The molecule has 63 heavy (non-hydrogen) atoms. The molecule has 0 aliphatic heterocycles. The average molecular weight is 1020 g/mol. The van der Waals surface area contributed by atoms with Crippen molar-refractivity contribution in [3.05, 3.63) is 168 Å². The maximum Gasteiger partial charge on any atom is 0.120 e. The Hall–Kier alpha value is -5.39. The number of rotatable bonds is 9. The molecule has 1 aliphatic carbocycles. The zero-order valence-corrected chi connectivity index (χ0v) is 41.0. The van der Waals surface area contributed by atoms with E-state index in [9.17, 15) is 0 Å². The number of para-hydroxylation sites is 3. The van der Waals surface area contributed by atoms with Gasteiger partial charge in [0.2, 0.25) is 0 Å². The van der Waals surface area contributed by atoms with E-state index in [2.05, 4.69) is 173 Å². The van der Waals surface area contributed by atoms with Crippen LogP contribution in [0, 0.1) is 18.1 Å². The van der Waals surface area contributed by atoms with Crippen LogP contribution >= 0.6 is 0 Å². The van der Waals surface area contributed by atoms with Crippen molar-refractivity contribution >= 4 is 46.2 Å². The molecule has 3 heterocycles. The minimum Gasteiger partial charge on any atom is -0.500 e. The van der Waals surface area contributed by atoms with Crippen molar-refractivity contribution in [2.75, 3.05) is 0 Å². The number of furan rings is 1. The van der Waals surface area contributed by atoms with Crippen LogP contribution < -0.4 is 5.19 Å². The maximum absolute atomic E-state index is 6.12. The van der Waals surface area contributed by atoms with Crippen molar-refractivity contribution in [3.8, 4) is 39.5 Å². The van der Waals surface area contributed by atoms with Gasteiger partial charge in [0, 0.05) is 37.4 Å². The van der Waals surface area contributed by atoms with Gasteiger partial charge in [-0.1, -0.05) is 151 Å². The molecule has 1 radical (unpaired) electrons.